The number of amides is 1. The zero-order chi connectivity index (χ0) is 16.8. The summed E-state index contributed by atoms with van der Waals surface area (Å²) in [6.45, 7) is 3.84. The van der Waals surface area contributed by atoms with Crippen molar-refractivity contribution in [3.63, 3.8) is 0 Å². The lowest BCUT2D eigenvalue weighted by molar-refractivity contribution is -0.157. The van der Waals surface area contributed by atoms with Gasteiger partial charge in [0.15, 0.2) is 0 Å². The molecule has 0 unspecified atom stereocenters. The van der Waals surface area contributed by atoms with Crippen LogP contribution in [-0.4, -0.2) is 18.0 Å². The van der Waals surface area contributed by atoms with Gasteiger partial charge in [-0.25, -0.2) is 0 Å². The average Bonchev–Trinajstić information content (AvgIpc) is 2.54. The van der Waals surface area contributed by atoms with Crippen molar-refractivity contribution in [1.82, 2.24) is 0 Å². The number of ether oxygens (including phenoxy) is 1. The third kappa shape index (κ3) is 4.93. The standard InChI is InChI=1S/C18H22BrNO3/c1-3-12(2)23-18(22)16-10-5-4-9-15(16)17(21)20-14-8-6-7-13(19)11-14/h4-8,11-12,15-16H,3,9-10H2,1-2H3,(H,20,21)/t12-,15+,16+/m0/s1. The number of benzene rings is 1. The molecule has 1 aromatic carbocycles. The Morgan fingerprint density at radius 1 is 1.30 bits per heavy atom. The maximum Gasteiger partial charge on any atom is 0.310 e. The predicted molar refractivity (Wildman–Crippen MR) is 94.0 cm³/mol. The molecule has 0 aliphatic heterocycles. The molecule has 0 aromatic heterocycles. The summed E-state index contributed by atoms with van der Waals surface area (Å²) in [7, 11) is 0. The number of esters is 1. The number of allylic oxidation sites excluding steroid dienone is 2. The number of carbonyl (C=O) groups excluding carboxylic acids is 2. The summed E-state index contributed by atoms with van der Waals surface area (Å²) in [6, 6.07) is 7.41. The van der Waals surface area contributed by atoms with Crippen molar-refractivity contribution in [2.24, 2.45) is 11.8 Å². The molecular formula is C18H22BrNO3. The van der Waals surface area contributed by atoms with Gasteiger partial charge in [0.05, 0.1) is 17.9 Å². The maximum absolute atomic E-state index is 12.6. The van der Waals surface area contributed by atoms with Crippen LogP contribution in [0.1, 0.15) is 33.1 Å². The first kappa shape index (κ1) is 17.7. The molecule has 1 amide bonds. The molecule has 23 heavy (non-hydrogen) atoms. The highest BCUT2D eigenvalue weighted by Crippen LogP contribution is 2.29. The van der Waals surface area contributed by atoms with Crippen LogP contribution >= 0.6 is 15.9 Å². The van der Waals surface area contributed by atoms with E-state index in [4.69, 9.17) is 4.74 Å². The number of nitrogens with one attached hydrogen (secondary N) is 1. The summed E-state index contributed by atoms with van der Waals surface area (Å²) < 4.78 is 6.32. The van der Waals surface area contributed by atoms with Crippen molar-refractivity contribution in [3.05, 3.63) is 40.9 Å². The highest BCUT2D eigenvalue weighted by atomic mass is 79.9. The zero-order valence-electron chi connectivity index (χ0n) is 13.4. The first-order chi connectivity index (χ1) is 11.0. The summed E-state index contributed by atoms with van der Waals surface area (Å²) in [6.07, 6.45) is 5.65. The van der Waals surface area contributed by atoms with Crippen LogP contribution in [0.4, 0.5) is 5.69 Å². The molecule has 1 aliphatic carbocycles. The molecular weight excluding hydrogens is 358 g/mol. The Hall–Kier alpha value is -1.62. The SMILES string of the molecule is CC[C@H](C)OC(=O)[C@@H]1CC=CC[C@H]1C(=O)Nc1cccc(Br)c1. The number of hydrogen-bond donors (Lipinski definition) is 1. The van der Waals surface area contributed by atoms with E-state index in [1.807, 2.05) is 50.3 Å². The fourth-order valence-corrected chi connectivity index (χ4v) is 2.93. The summed E-state index contributed by atoms with van der Waals surface area (Å²) in [5, 5.41) is 2.89. The second kappa shape index (κ2) is 8.29. The Kier molecular flexibility index (Phi) is 6.39. The normalized spacial score (nSPS) is 21.5. The second-order valence-electron chi connectivity index (χ2n) is 5.81. The highest BCUT2D eigenvalue weighted by Gasteiger charge is 2.35. The third-order valence-corrected chi connectivity index (χ3v) is 4.55. The van der Waals surface area contributed by atoms with Crippen LogP contribution < -0.4 is 5.32 Å². The Labute approximate surface area is 145 Å². The lowest BCUT2D eigenvalue weighted by atomic mass is 9.82. The second-order valence-corrected chi connectivity index (χ2v) is 6.73. The molecule has 3 atom stereocenters. The van der Waals surface area contributed by atoms with E-state index in [0.717, 1.165) is 10.9 Å². The zero-order valence-corrected chi connectivity index (χ0v) is 15.0. The number of hydrogen-bond acceptors (Lipinski definition) is 3. The molecule has 0 saturated heterocycles. The van der Waals surface area contributed by atoms with Crippen LogP contribution in [0.5, 0.6) is 0 Å². The van der Waals surface area contributed by atoms with Gasteiger partial charge in [-0.2, -0.15) is 0 Å². The van der Waals surface area contributed by atoms with Gasteiger partial charge in [0, 0.05) is 10.2 Å². The van der Waals surface area contributed by atoms with Gasteiger partial charge >= 0.3 is 5.97 Å². The van der Waals surface area contributed by atoms with Gasteiger partial charge in [-0.15, -0.1) is 0 Å². The van der Waals surface area contributed by atoms with Gasteiger partial charge in [-0.1, -0.05) is 41.1 Å². The van der Waals surface area contributed by atoms with Crippen LogP contribution in [0, 0.1) is 11.8 Å². The minimum atomic E-state index is -0.416. The molecule has 1 N–H and O–H groups in total. The quantitative estimate of drug-likeness (QED) is 0.612. The predicted octanol–water partition coefficient (Wildman–Crippen LogP) is 4.31. The fourth-order valence-electron chi connectivity index (χ4n) is 2.53. The van der Waals surface area contributed by atoms with Crippen LogP contribution in [-0.2, 0) is 14.3 Å². The Balaban J connectivity index is 2.07. The van der Waals surface area contributed by atoms with E-state index in [1.54, 1.807) is 0 Å². The average molecular weight is 380 g/mol. The molecule has 0 bridgehead atoms. The summed E-state index contributed by atoms with van der Waals surface area (Å²) >= 11 is 3.38. The van der Waals surface area contributed by atoms with Crippen LogP contribution in [0.3, 0.4) is 0 Å². The van der Waals surface area contributed by atoms with Crippen LogP contribution in [0.15, 0.2) is 40.9 Å². The molecule has 5 heteroatoms. The van der Waals surface area contributed by atoms with Gasteiger partial charge in [0.25, 0.3) is 0 Å². The molecule has 4 nitrogen and oxygen atoms in total. The van der Waals surface area contributed by atoms with E-state index >= 15 is 0 Å². The van der Waals surface area contributed by atoms with E-state index in [-0.39, 0.29) is 18.0 Å². The van der Waals surface area contributed by atoms with Crippen LogP contribution in [0.25, 0.3) is 0 Å². The van der Waals surface area contributed by atoms with Crippen molar-refractivity contribution in [2.75, 3.05) is 5.32 Å². The number of halogens is 1. The van der Waals surface area contributed by atoms with Crippen molar-refractivity contribution < 1.29 is 14.3 Å². The Bertz CT molecular complexity index is 600. The molecule has 0 spiro atoms. The van der Waals surface area contributed by atoms with E-state index in [1.165, 1.54) is 0 Å². The van der Waals surface area contributed by atoms with E-state index < -0.39 is 11.8 Å². The molecule has 1 aromatic rings. The first-order valence-corrected chi connectivity index (χ1v) is 8.72. The topological polar surface area (TPSA) is 55.4 Å². The van der Waals surface area contributed by atoms with Gasteiger partial charge in [-0.3, -0.25) is 9.59 Å². The lowest BCUT2D eigenvalue weighted by Gasteiger charge is -2.27. The molecule has 0 fully saturated rings. The number of carbonyl (C=O) groups is 2. The van der Waals surface area contributed by atoms with Gasteiger partial charge in [0.2, 0.25) is 5.91 Å². The monoisotopic (exact) mass is 379 g/mol. The largest absolute Gasteiger partial charge is 0.462 e. The van der Waals surface area contributed by atoms with Crippen molar-refractivity contribution in [3.8, 4) is 0 Å². The van der Waals surface area contributed by atoms with E-state index in [9.17, 15) is 9.59 Å². The van der Waals surface area contributed by atoms with Gasteiger partial charge in [-0.05, 0) is 44.4 Å². The number of anilines is 1. The van der Waals surface area contributed by atoms with Crippen molar-refractivity contribution in [2.45, 2.75) is 39.2 Å². The molecule has 0 saturated carbocycles. The lowest BCUT2D eigenvalue weighted by Crippen LogP contribution is -2.36. The highest BCUT2D eigenvalue weighted by molar-refractivity contribution is 9.10. The molecule has 2 rings (SSSR count). The molecule has 1 aliphatic rings. The summed E-state index contributed by atoms with van der Waals surface area (Å²) in [4.78, 5) is 24.9. The van der Waals surface area contributed by atoms with Crippen molar-refractivity contribution >= 4 is 33.5 Å². The maximum atomic E-state index is 12.6. The summed E-state index contributed by atoms with van der Waals surface area (Å²) in [5.41, 5.74) is 0.716. The van der Waals surface area contributed by atoms with Gasteiger partial charge in [0.1, 0.15) is 0 Å². The van der Waals surface area contributed by atoms with E-state index in [0.29, 0.717) is 18.5 Å². The van der Waals surface area contributed by atoms with Crippen LogP contribution in [0.2, 0.25) is 0 Å². The summed E-state index contributed by atoms with van der Waals surface area (Å²) in [5.74, 6) is -1.23. The minimum absolute atomic E-state index is 0.123. The Morgan fingerprint density at radius 3 is 2.65 bits per heavy atom. The fraction of sp³-hybridized carbons (Fsp3) is 0.444. The smallest absolute Gasteiger partial charge is 0.310 e. The third-order valence-electron chi connectivity index (χ3n) is 4.06. The minimum Gasteiger partial charge on any atom is -0.462 e. The first-order valence-electron chi connectivity index (χ1n) is 7.93. The number of rotatable bonds is 5. The van der Waals surface area contributed by atoms with Gasteiger partial charge < -0.3 is 10.1 Å². The molecule has 0 radical (unpaired) electrons. The molecule has 124 valence electrons. The Morgan fingerprint density at radius 2 is 2.00 bits per heavy atom. The van der Waals surface area contributed by atoms with Crippen molar-refractivity contribution in [1.29, 1.82) is 0 Å². The van der Waals surface area contributed by atoms with E-state index in [2.05, 4.69) is 21.2 Å². The molecule has 0 heterocycles.